The highest BCUT2D eigenvalue weighted by Gasteiger charge is 2.23. The van der Waals surface area contributed by atoms with E-state index in [4.69, 9.17) is 0 Å². The van der Waals surface area contributed by atoms with Crippen LogP contribution in [-0.4, -0.2) is 34.3 Å². The van der Waals surface area contributed by atoms with Crippen molar-refractivity contribution in [1.29, 1.82) is 0 Å². The standard InChI is InChI=1S/C9H14N4O4/c1-6-8(13(15)16)9(12(2)11-6)10-5-4-7(14)17-3/h10H,4-5H2,1-3H3. The van der Waals surface area contributed by atoms with E-state index in [1.165, 1.54) is 11.8 Å². The molecule has 1 heterocycles. The first-order valence-corrected chi connectivity index (χ1v) is 4.96. The Morgan fingerprint density at radius 3 is 2.82 bits per heavy atom. The highest BCUT2D eigenvalue weighted by atomic mass is 16.6. The number of nitrogens with one attached hydrogen (secondary N) is 1. The number of nitro groups is 1. The molecule has 0 spiro atoms. The predicted octanol–water partition coefficient (Wildman–Crippen LogP) is 0.612. The molecule has 8 nitrogen and oxygen atoms in total. The average molecular weight is 242 g/mol. The summed E-state index contributed by atoms with van der Waals surface area (Å²) in [6.45, 7) is 1.82. The van der Waals surface area contributed by atoms with Gasteiger partial charge in [0.1, 0.15) is 5.69 Å². The van der Waals surface area contributed by atoms with Crippen LogP contribution in [0.25, 0.3) is 0 Å². The van der Waals surface area contributed by atoms with Gasteiger partial charge < -0.3 is 10.1 Å². The van der Waals surface area contributed by atoms with Crippen LogP contribution in [0, 0.1) is 17.0 Å². The first-order chi connectivity index (χ1) is 7.97. The third-order valence-electron chi connectivity index (χ3n) is 2.22. The number of ether oxygens (including phenoxy) is 1. The molecule has 0 aliphatic heterocycles. The van der Waals surface area contributed by atoms with E-state index < -0.39 is 4.92 Å². The first kappa shape index (κ1) is 12.9. The molecular formula is C9H14N4O4. The molecule has 17 heavy (non-hydrogen) atoms. The van der Waals surface area contributed by atoms with Gasteiger partial charge in [0, 0.05) is 13.6 Å². The molecule has 0 amide bonds. The van der Waals surface area contributed by atoms with Gasteiger partial charge in [-0.25, -0.2) is 4.68 Å². The Kier molecular flexibility index (Phi) is 4.02. The molecule has 0 fully saturated rings. The van der Waals surface area contributed by atoms with E-state index in [0.29, 0.717) is 5.69 Å². The molecule has 94 valence electrons. The monoisotopic (exact) mass is 242 g/mol. The maximum Gasteiger partial charge on any atom is 0.333 e. The average Bonchev–Trinajstić information content (AvgIpc) is 2.53. The molecule has 0 aliphatic carbocycles. The van der Waals surface area contributed by atoms with Gasteiger partial charge in [-0.3, -0.25) is 14.9 Å². The number of hydrogen-bond acceptors (Lipinski definition) is 6. The number of anilines is 1. The van der Waals surface area contributed by atoms with Crippen LogP contribution in [0.15, 0.2) is 0 Å². The Morgan fingerprint density at radius 2 is 2.29 bits per heavy atom. The van der Waals surface area contributed by atoms with Crippen molar-refractivity contribution < 1.29 is 14.5 Å². The van der Waals surface area contributed by atoms with Crippen LogP contribution in [0.1, 0.15) is 12.1 Å². The predicted molar refractivity (Wildman–Crippen MR) is 59.7 cm³/mol. The summed E-state index contributed by atoms with van der Waals surface area (Å²) in [4.78, 5) is 21.2. The molecule has 0 aliphatic rings. The summed E-state index contributed by atoms with van der Waals surface area (Å²) in [6.07, 6.45) is 0.137. The number of aryl methyl sites for hydroxylation is 2. The van der Waals surface area contributed by atoms with Crippen molar-refractivity contribution in [3.05, 3.63) is 15.8 Å². The van der Waals surface area contributed by atoms with Crippen molar-refractivity contribution in [3.8, 4) is 0 Å². The minimum Gasteiger partial charge on any atom is -0.469 e. The Hall–Kier alpha value is -2.12. The number of carbonyl (C=O) groups is 1. The maximum atomic E-state index is 10.9. The third kappa shape index (κ3) is 2.92. The normalized spacial score (nSPS) is 10.1. The lowest BCUT2D eigenvalue weighted by Gasteiger charge is -2.04. The summed E-state index contributed by atoms with van der Waals surface area (Å²) in [5.74, 6) is -0.0875. The second-order valence-electron chi connectivity index (χ2n) is 3.42. The quantitative estimate of drug-likeness (QED) is 0.461. The molecule has 0 atom stereocenters. The Labute approximate surface area is 97.7 Å². The lowest BCUT2D eigenvalue weighted by molar-refractivity contribution is -0.384. The first-order valence-electron chi connectivity index (χ1n) is 4.96. The molecule has 1 aromatic heterocycles. The number of aromatic nitrogens is 2. The van der Waals surface area contributed by atoms with Gasteiger partial charge in [0.2, 0.25) is 5.82 Å². The van der Waals surface area contributed by atoms with Crippen molar-refractivity contribution in [3.63, 3.8) is 0 Å². The Bertz CT molecular complexity index is 440. The molecule has 1 aromatic rings. The number of rotatable bonds is 5. The van der Waals surface area contributed by atoms with E-state index in [9.17, 15) is 14.9 Å². The summed E-state index contributed by atoms with van der Waals surface area (Å²) in [7, 11) is 2.89. The van der Waals surface area contributed by atoms with Crippen LogP contribution in [0.5, 0.6) is 0 Å². The number of hydrogen-bond donors (Lipinski definition) is 1. The van der Waals surface area contributed by atoms with Gasteiger partial charge in [-0.05, 0) is 6.92 Å². The van der Waals surface area contributed by atoms with E-state index in [1.54, 1.807) is 14.0 Å². The molecular weight excluding hydrogens is 228 g/mol. The van der Waals surface area contributed by atoms with Gasteiger partial charge in [0.05, 0.1) is 18.5 Å². The zero-order chi connectivity index (χ0) is 13.0. The van der Waals surface area contributed by atoms with Crippen LogP contribution in [0.4, 0.5) is 11.5 Å². The molecule has 0 unspecified atom stereocenters. The molecule has 0 bridgehead atoms. The fourth-order valence-corrected chi connectivity index (χ4v) is 1.45. The smallest absolute Gasteiger partial charge is 0.333 e. The summed E-state index contributed by atoms with van der Waals surface area (Å²) in [5.41, 5.74) is 0.260. The summed E-state index contributed by atoms with van der Waals surface area (Å²) in [6, 6.07) is 0. The minimum atomic E-state index is -0.497. The lowest BCUT2D eigenvalue weighted by atomic mass is 10.3. The van der Waals surface area contributed by atoms with Crippen molar-refractivity contribution in [1.82, 2.24) is 9.78 Å². The zero-order valence-electron chi connectivity index (χ0n) is 9.89. The van der Waals surface area contributed by atoms with E-state index >= 15 is 0 Å². The second kappa shape index (κ2) is 5.28. The Morgan fingerprint density at radius 1 is 1.65 bits per heavy atom. The van der Waals surface area contributed by atoms with Crippen molar-refractivity contribution in [2.24, 2.45) is 7.05 Å². The largest absolute Gasteiger partial charge is 0.469 e. The van der Waals surface area contributed by atoms with Gasteiger partial charge in [0.25, 0.3) is 0 Å². The second-order valence-corrected chi connectivity index (χ2v) is 3.42. The van der Waals surface area contributed by atoms with Crippen molar-refractivity contribution in [2.75, 3.05) is 19.0 Å². The Balaban J connectivity index is 2.77. The van der Waals surface area contributed by atoms with Gasteiger partial charge in [0.15, 0.2) is 0 Å². The van der Waals surface area contributed by atoms with Crippen LogP contribution < -0.4 is 5.32 Å². The highest BCUT2D eigenvalue weighted by molar-refractivity contribution is 5.70. The van der Waals surface area contributed by atoms with Crippen LogP contribution >= 0.6 is 0 Å². The van der Waals surface area contributed by atoms with Gasteiger partial charge in [-0.15, -0.1) is 0 Å². The molecule has 8 heteroatoms. The number of nitrogens with zero attached hydrogens (tertiary/aromatic N) is 3. The van der Waals surface area contributed by atoms with E-state index in [1.807, 2.05) is 0 Å². The van der Waals surface area contributed by atoms with E-state index in [0.717, 1.165) is 0 Å². The van der Waals surface area contributed by atoms with Crippen molar-refractivity contribution >= 4 is 17.5 Å². The van der Waals surface area contributed by atoms with E-state index in [2.05, 4.69) is 15.2 Å². The summed E-state index contributed by atoms with van der Waals surface area (Å²) >= 11 is 0. The van der Waals surface area contributed by atoms with Crippen LogP contribution in [-0.2, 0) is 16.6 Å². The topological polar surface area (TPSA) is 99.3 Å². The summed E-state index contributed by atoms with van der Waals surface area (Å²) in [5, 5.41) is 17.6. The molecule has 1 rings (SSSR count). The van der Waals surface area contributed by atoms with Gasteiger partial charge >= 0.3 is 11.7 Å². The fourth-order valence-electron chi connectivity index (χ4n) is 1.45. The molecule has 0 aromatic carbocycles. The highest BCUT2D eigenvalue weighted by Crippen LogP contribution is 2.26. The zero-order valence-corrected chi connectivity index (χ0v) is 9.89. The molecule has 0 radical (unpaired) electrons. The molecule has 1 N–H and O–H groups in total. The summed E-state index contributed by atoms with van der Waals surface area (Å²) < 4.78 is 5.85. The minimum absolute atomic E-state index is 0.0719. The molecule has 0 saturated heterocycles. The van der Waals surface area contributed by atoms with Crippen LogP contribution in [0.2, 0.25) is 0 Å². The lowest BCUT2D eigenvalue weighted by Crippen LogP contribution is -2.12. The number of carbonyl (C=O) groups excluding carboxylic acids is 1. The van der Waals surface area contributed by atoms with Gasteiger partial charge in [-0.1, -0.05) is 0 Å². The maximum absolute atomic E-state index is 10.9. The van der Waals surface area contributed by atoms with E-state index in [-0.39, 0.29) is 30.4 Å². The van der Waals surface area contributed by atoms with Crippen LogP contribution in [0.3, 0.4) is 0 Å². The SMILES string of the molecule is COC(=O)CCNc1c([N+](=O)[O-])c(C)nn1C. The van der Waals surface area contributed by atoms with Crippen molar-refractivity contribution in [2.45, 2.75) is 13.3 Å². The molecule has 0 saturated carbocycles. The number of esters is 1. The number of methoxy groups -OCH3 is 1. The van der Waals surface area contributed by atoms with Gasteiger partial charge in [-0.2, -0.15) is 5.10 Å². The fraction of sp³-hybridized carbons (Fsp3) is 0.556. The third-order valence-corrected chi connectivity index (χ3v) is 2.22.